The van der Waals surface area contributed by atoms with Crippen molar-refractivity contribution in [3.05, 3.63) is 15.6 Å². The first kappa shape index (κ1) is 30.4. The second kappa shape index (κ2) is 11.7. The lowest BCUT2D eigenvalue weighted by molar-refractivity contribution is -0.157. The van der Waals surface area contributed by atoms with E-state index in [0.29, 0.717) is 5.16 Å². The van der Waals surface area contributed by atoms with Crippen molar-refractivity contribution in [2.75, 3.05) is 23.4 Å². The number of thiazole rings is 1. The molecule has 3 atom stereocenters. The zero-order chi connectivity index (χ0) is 29.4. The lowest BCUT2D eigenvalue weighted by atomic mass is 9.89. The molecule has 2 aromatic heterocycles. The van der Waals surface area contributed by atoms with Gasteiger partial charge in [0.2, 0.25) is 11.1 Å². The summed E-state index contributed by atoms with van der Waals surface area (Å²) in [5, 5.41) is 27.9. The molecule has 2 unspecified atom stereocenters. The largest absolute Gasteiger partial charge is 0.481 e. The van der Waals surface area contributed by atoms with Gasteiger partial charge >= 0.3 is 12.1 Å². The van der Waals surface area contributed by atoms with Crippen molar-refractivity contribution in [2.24, 2.45) is 12.5 Å². The topological polar surface area (TPSA) is 182 Å². The van der Waals surface area contributed by atoms with Crippen molar-refractivity contribution in [3.8, 4) is 0 Å². The predicted octanol–water partition coefficient (Wildman–Crippen LogP) is 2.42. The number of aromatic nitrogens is 5. The van der Waals surface area contributed by atoms with E-state index < -0.39 is 46.3 Å². The summed E-state index contributed by atoms with van der Waals surface area (Å²) in [7, 11) is 1.65. The average Bonchev–Trinajstić information content (AvgIpc) is 3.48. The van der Waals surface area contributed by atoms with Gasteiger partial charge in [0.25, 0.3) is 5.91 Å². The number of carboxylic acids is 1. The van der Waals surface area contributed by atoms with Crippen LogP contribution in [0.2, 0.25) is 0 Å². The molecule has 0 bridgehead atoms. The average molecular weight is 652 g/mol. The third-order valence-corrected chi connectivity index (χ3v) is 9.75. The Labute approximate surface area is 250 Å². The Morgan fingerprint density at radius 3 is 2.65 bits per heavy atom. The number of anilines is 1. The van der Waals surface area contributed by atoms with Crippen LogP contribution in [0.25, 0.3) is 5.57 Å². The van der Waals surface area contributed by atoms with Crippen molar-refractivity contribution in [2.45, 2.75) is 42.9 Å². The first-order valence-electron chi connectivity index (χ1n) is 11.5. The zero-order valence-electron chi connectivity index (χ0n) is 21.5. The maximum Gasteiger partial charge on any atom is 0.413 e. The number of nitrogens with zero attached hydrogens (tertiary/aromatic N) is 6. The number of ether oxygens (including phenoxy) is 1. The number of amides is 3. The van der Waals surface area contributed by atoms with Crippen LogP contribution in [0.15, 0.2) is 15.0 Å². The Hall–Kier alpha value is -2.60. The van der Waals surface area contributed by atoms with Gasteiger partial charge in [-0.3, -0.25) is 19.7 Å². The highest BCUT2D eigenvalue weighted by molar-refractivity contribution is 8.00. The van der Waals surface area contributed by atoms with E-state index in [9.17, 15) is 24.3 Å². The standard InChI is InChI=1S/C21H24Cl2N8O6S3/c1-20(2,3)37-19(36)26-17-24-9(5-38-17)10(12(22)23)13(32)25-11-14(33)31-6-21(16(34)35,7-39-15(11)31)8-40-18-27-28-29-30(18)4/h5,11,15H,6-8H2,1-4H3,(H,25,32)(H,34,35)(H,24,26,36)/t11?,15-,21?/m1/s1. The van der Waals surface area contributed by atoms with Crippen molar-refractivity contribution in [1.82, 2.24) is 35.4 Å². The Kier molecular flexibility index (Phi) is 8.89. The smallest absolute Gasteiger partial charge is 0.413 e. The van der Waals surface area contributed by atoms with Gasteiger partial charge in [-0.05, 0) is 31.2 Å². The van der Waals surface area contributed by atoms with Gasteiger partial charge < -0.3 is 20.1 Å². The van der Waals surface area contributed by atoms with E-state index in [0.717, 1.165) is 11.3 Å². The number of halogens is 2. The lowest BCUT2D eigenvalue weighted by Crippen LogP contribution is -2.74. The number of hydrogen-bond acceptors (Lipinski definition) is 12. The number of tetrazole rings is 1. The molecule has 3 N–H and O–H groups in total. The molecule has 19 heteroatoms. The van der Waals surface area contributed by atoms with E-state index in [1.807, 2.05) is 0 Å². The van der Waals surface area contributed by atoms with E-state index in [1.54, 1.807) is 27.8 Å². The second-order valence-corrected chi connectivity index (χ2v) is 13.7. The van der Waals surface area contributed by atoms with Crippen LogP contribution >= 0.6 is 58.1 Å². The molecule has 0 spiro atoms. The van der Waals surface area contributed by atoms with Gasteiger partial charge in [0.15, 0.2) is 5.13 Å². The fourth-order valence-electron chi connectivity index (χ4n) is 3.80. The van der Waals surface area contributed by atoms with Gasteiger partial charge in [0.05, 0.1) is 11.3 Å². The summed E-state index contributed by atoms with van der Waals surface area (Å²) in [5.41, 5.74) is -2.04. The number of hydrogen-bond donors (Lipinski definition) is 3. The van der Waals surface area contributed by atoms with E-state index in [1.165, 1.54) is 38.5 Å². The summed E-state index contributed by atoms with van der Waals surface area (Å²) < 4.78 is 6.25. The number of carboxylic acid groups (broad SMARTS) is 1. The lowest BCUT2D eigenvalue weighted by Gasteiger charge is -2.53. The van der Waals surface area contributed by atoms with Crippen LogP contribution in [0.4, 0.5) is 9.93 Å². The van der Waals surface area contributed by atoms with Gasteiger partial charge in [-0.2, -0.15) is 0 Å². The Morgan fingerprint density at radius 1 is 1.32 bits per heavy atom. The number of carbonyl (C=O) groups is 4. The maximum atomic E-state index is 13.1. The van der Waals surface area contributed by atoms with Crippen LogP contribution in [0.5, 0.6) is 0 Å². The molecule has 0 saturated carbocycles. The second-order valence-electron chi connectivity index (χ2n) is 9.88. The normalized spacial score (nSPS) is 22.1. The van der Waals surface area contributed by atoms with E-state index in [4.69, 9.17) is 27.9 Å². The quantitative estimate of drug-likeness (QED) is 0.216. The summed E-state index contributed by atoms with van der Waals surface area (Å²) in [4.78, 5) is 56.1. The van der Waals surface area contributed by atoms with Crippen molar-refractivity contribution in [3.63, 3.8) is 0 Å². The van der Waals surface area contributed by atoms with Crippen LogP contribution in [0.3, 0.4) is 0 Å². The van der Waals surface area contributed by atoms with Crippen molar-refractivity contribution >= 4 is 92.6 Å². The molecule has 0 aliphatic carbocycles. The molecular weight excluding hydrogens is 627 g/mol. The molecule has 14 nitrogen and oxygen atoms in total. The molecule has 2 aliphatic heterocycles. The molecule has 3 amide bonds. The summed E-state index contributed by atoms with van der Waals surface area (Å²) >= 11 is 15.5. The number of rotatable bonds is 8. The fourth-order valence-corrected chi connectivity index (χ4v) is 7.56. The van der Waals surface area contributed by atoms with E-state index in [-0.39, 0.29) is 38.9 Å². The minimum atomic E-state index is -1.23. The molecule has 2 saturated heterocycles. The first-order chi connectivity index (χ1) is 18.7. The van der Waals surface area contributed by atoms with Gasteiger partial charge in [-0.1, -0.05) is 35.0 Å². The number of aliphatic carboxylic acids is 1. The summed E-state index contributed by atoms with van der Waals surface area (Å²) in [6.45, 7) is 5.10. The monoisotopic (exact) mass is 650 g/mol. The molecule has 0 aromatic carbocycles. The molecule has 2 aliphatic rings. The van der Waals surface area contributed by atoms with Crippen LogP contribution in [-0.2, 0) is 26.2 Å². The zero-order valence-corrected chi connectivity index (χ0v) is 25.5. The summed E-state index contributed by atoms with van der Waals surface area (Å²) in [5.74, 6) is -1.87. The van der Waals surface area contributed by atoms with Crippen LogP contribution in [0, 0.1) is 5.41 Å². The Balaban J connectivity index is 1.40. The number of fused-ring (bicyclic) bond motifs is 1. The number of β-lactam (4-membered cyclic amide) rings is 1. The Bertz CT molecular complexity index is 1370. The summed E-state index contributed by atoms with van der Waals surface area (Å²) in [6.07, 6.45) is -0.723. The third-order valence-electron chi connectivity index (χ3n) is 5.73. The Morgan fingerprint density at radius 2 is 2.05 bits per heavy atom. The van der Waals surface area contributed by atoms with Crippen molar-refractivity contribution in [1.29, 1.82) is 0 Å². The van der Waals surface area contributed by atoms with E-state index >= 15 is 0 Å². The molecule has 0 radical (unpaired) electrons. The van der Waals surface area contributed by atoms with Gasteiger partial charge in [0.1, 0.15) is 26.9 Å². The van der Waals surface area contributed by atoms with Crippen LogP contribution < -0.4 is 10.6 Å². The van der Waals surface area contributed by atoms with E-state index in [2.05, 4.69) is 31.1 Å². The highest BCUT2D eigenvalue weighted by Gasteiger charge is 2.57. The van der Waals surface area contributed by atoms with Gasteiger partial charge in [0, 0.05) is 30.5 Å². The highest BCUT2D eigenvalue weighted by atomic mass is 35.5. The molecule has 40 heavy (non-hydrogen) atoms. The molecule has 216 valence electrons. The molecule has 2 aromatic rings. The van der Waals surface area contributed by atoms with Gasteiger partial charge in [-0.15, -0.1) is 28.2 Å². The predicted molar refractivity (Wildman–Crippen MR) is 150 cm³/mol. The van der Waals surface area contributed by atoms with Crippen LogP contribution in [-0.4, -0.2) is 94.1 Å². The fraction of sp³-hybridized carbons (Fsp3) is 0.524. The molecular formula is C21H24Cl2N8O6S3. The minimum Gasteiger partial charge on any atom is -0.481 e. The summed E-state index contributed by atoms with van der Waals surface area (Å²) in [6, 6.07) is -0.916. The third kappa shape index (κ3) is 6.48. The number of aryl methyl sites for hydroxylation is 1. The van der Waals surface area contributed by atoms with Crippen LogP contribution in [0.1, 0.15) is 26.5 Å². The number of thioether (sulfide) groups is 2. The highest BCUT2D eigenvalue weighted by Crippen LogP contribution is 2.44. The van der Waals surface area contributed by atoms with Crippen molar-refractivity contribution < 1.29 is 29.0 Å². The SMILES string of the molecule is Cn1nnnc1SCC1(C(=O)O)CS[C@@H]2C(NC(=O)C(=C(Cl)Cl)c3csc(NC(=O)OC(C)(C)C)n3)C(=O)N2C1. The number of nitrogens with one attached hydrogen (secondary N) is 2. The first-order valence-corrected chi connectivity index (χ1v) is 15.2. The molecule has 4 heterocycles. The molecule has 4 rings (SSSR count). The number of carbonyl (C=O) groups excluding carboxylic acids is 3. The minimum absolute atomic E-state index is 0.0335. The van der Waals surface area contributed by atoms with Gasteiger partial charge in [-0.25, -0.2) is 14.5 Å². The maximum absolute atomic E-state index is 13.1. The molecule has 2 fully saturated rings.